The molecule has 6 unspecified atom stereocenters. The van der Waals surface area contributed by atoms with Gasteiger partial charge in [0.25, 0.3) is 0 Å². The highest BCUT2D eigenvalue weighted by molar-refractivity contribution is 5.59. The lowest BCUT2D eigenvalue weighted by atomic mass is 9.38. The van der Waals surface area contributed by atoms with Crippen molar-refractivity contribution in [3.05, 3.63) is 0 Å². The summed E-state index contributed by atoms with van der Waals surface area (Å²) in [4.78, 5) is 0. The van der Waals surface area contributed by atoms with Gasteiger partial charge in [-0.1, -0.05) is 53.4 Å². The van der Waals surface area contributed by atoms with Crippen molar-refractivity contribution in [3.63, 3.8) is 0 Å². The van der Waals surface area contributed by atoms with Crippen molar-refractivity contribution in [3.8, 4) is 0 Å². The standard InChI is InChI=1S/C18H30/c1-5-13(9-7-6-8-12(2)3)16(4)11-17-10-14-15(17)18(14,16)17/h12-15H,5-11H2,1-4H3. The first kappa shape index (κ1) is 11.8. The van der Waals surface area contributed by atoms with Gasteiger partial charge in [-0.3, -0.25) is 0 Å². The topological polar surface area (TPSA) is 0 Å². The van der Waals surface area contributed by atoms with E-state index in [1.807, 2.05) is 0 Å². The van der Waals surface area contributed by atoms with Gasteiger partial charge in [0, 0.05) is 0 Å². The monoisotopic (exact) mass is 246 g/mol. The molecule has 0 aromatic rings. The van der Waals surface area contributed by atoms with Crippen LogP contribution in [0, 0.1) is 39.9 Å². The molecule has 5 saturated carbocycles. The van der Waals surface area contributed by atoms with Gasteiger partial charge in [-0.05, 0) is 59.2 Å². The molecule has 6 atom stereocenters. The van der Waals surface area contributed by atoms with Crippen LogP contribution in [0.2, 0.25) is 0 Å². The molecule has 0 saturated heterocycles. The summed E-state index contributed by atoms with van der Waals surface area (Å²) < 4.78 is 0. The molecule has 0 heteroatoms. The smallest absolute Gasteiger partial charge is 0.0113 e. The van der Waals surface area contributed by atoms with E-state index in [2.05, 4.69) is 27.7 Å². The van der Waals surface area contributed by atoms with Crippen LogP contribution in [-0.2, 0) is 0 Å². The zero-order valence-electron chi connectivity index (χ0n) is 12.8. The van der Waals surface area contributed by atoms with E-state index in [-0.39, 0.29) is 0 Å². The SMILES string of the molecule is CCC(CCCCC(C)C)C1(C)CC23CC4C2C413. The van der Waals surface area contributed by atoms with Crippen molar-refractivity contribution in [2.45, 2.75) is 72.6 Å². The van der Waals surface area contributed by atoms with Gasteiger partial charge in [-0.25, -0.2) is 0 Å². The van der Waals surface area contributed by atoms with Crippen LogP contribution >= 0.6 is 0 Å². The highest BCUT2D eigenvalue weighted by Crippen LogP contribution is 3.17. The van der Waals surface area contributed by atoms with Gasteiger partial charge in [0.2, 0.25) is 0 Å². The van der Waals surface area contributed by atoms with Crippen LogP contribution in [0.25, 0.3) is 0 Å². The third-order valence-corrected chi connectivity index (χ3v) is 7.89. The lowest BCUT2D eigenvalue weighted by Gasteiger charge is -2.66. The van der Waals surface area contributed by atoms with E-state index in [1.54, 1.807) is 12.8 Å². The summed E-state index contributed by atoms with van der Waals surface area (Å²) in [7, 11) is 0. The van der Waals surface area contributed by atoms with Gasteiger partial charge in [0.1, 0.15) is 0 Å². The van der Waals surface area contributed by atoms with E-state index in [1.165, 1.54) is 43.9 Å². The molecule has 5 aliphatic rings. The molecule has 102 valence electrons. The fraction of sp³-hybridized carbons (Fsp3) is 1.00. The Bertz CT molecular complexity index is 383. The summed E-state index contributed by atoms with van der Waals surface area (Å²) in [6, 6.07) is 0. The molecule has 5 rings (SSSR count). The Kier molecular flexibility index (Phi) is 2.08. The molecule has 5 aliphatic carbocycles. The van der Waals surface area contributed by atoms with E-state index in [0.29, 0.717) is 0 Å². The normalized spacial score (nSPS) is 55.2. The molecular formula is C18H30. The molecule has 2 spiro atoms. The van der Waals surface area contributed by atoms with Crippen molar-refractivity contribution in [1.82, 2.24) is 0 Å². The second-order valence-electron chi connectivity index (χ2n) is 8.69. The van der Waals surface area contributed by atoms with Crippen LogP contribution in [0.4, 0.5) is 0 Å². The Morgan fingerprint density at radius 1 is 1.17 bits per heavy atom. The fourth-order valence-electron chi connectivity index (χ4n) is 7.22. The highest BCUT2D eigenvalue weighted by atomic mass is 15.2. The Morgan fingerprint density at radius 2 is 1.89 bits per heavy atom. The largest absolute Gasteiger partial charge is 0.0651 e. The van der Waals surface area contributed by atoms with Crippen LogP contribution in [0.3, 0.4) is 0 Å². The molecule has 0 amide bonds. The van der Waals surface area contributed by atoms with Gasteiger partial charge in [0.15, 0.2) is 0 Å². The van der Waals surface area contributed by atoms with Crippen LogP contribution in [0.15, 0.2) is 0 Å². The number of hydrogen-bond acceptors (Lipinski definition) is 0. The summed E-state index contributed by atoms with van der Waals surface area (Å²) in [5.41, 5.74) is 2.71. The summed E-state index contributed by atoms with van der Waals surface area (Å²) in [6.45, 7) is 9.84. The fourth-order valence-corrected chi connectivity index (χ4v) is 7.22. The molecule has 5 fully saturated rings. The molecule has 0 aliphatic heterocycles. The van der Waals surface area contributed by atoms with E-state index in [9.17, 15) is 0 Å². The zero-order valence-corrected chi connectivity index (χ0v) is 12.8. The molecule has 0 nitrogen and oxygen atoms in total. The molecular weight excluding hydrogens is 216 g/mol. The highest BCUT2D eigenvalue weighted by Gasteiger charge is 3.12. The average molecular weight is 246 g/mol. The summed E-state index contributed by atoms with van der Waals surface area (Å²) in [6.07, 6.45) is 10.6. The van der Waals surface area contributed by atoms with Crippen molar-refractivity contribution in [2.75, 3.05) is 0 Å². The lowest BCUT2D eigenvalue weighted by molar-refractivity contribution is -0.179. The van der Waals surface area contributed by atoms with Crippen LogP contribution in [0.1, 0.15) is 72.6 Å². The van der Waals surface area contributed by atoms with Gasteiger partial charge < -0.3 is 0 Å². The van der Waals surface area contributed by atoms with Gasteiger partial charge in [-0.15, -0.1) is 0 Å². The summed E-state index contributed by atoms with van der Waals surface area (Å²) in [5.74, 6) is 4.42. The maximum absolute atomic E-state index is 2.67. The van der Waals surface area contributed by atoms with Crippen LogP contribution in [0.5, 0.6) is 0 Å². The summed E-state index contributed by atoms with van der Waals surface area (Å²) >= 11 is 0. The average Bonchev–Trinajstić information content (AvgIpc) is 3.05. The van der Waals surface area contributed by atoms with Crippen LogP contribution in [-0.4, -0.2) is 0 Å². The Balaban J connectivity index is 1.33. The minimum atomic E-state index is 0.785. The van der Waals surface area contributed by atoms with E-state index in [4.69, 9.17) is 0 Å². The van der Waals surface area contributed by atoms with E-state index < -0.39 is 0 Å². The first-order valence-corrected chi connectivity index (χ1v) is 8.54. The lowest BCUT2D eigenvalue weighted by Crippen LogP contribution is -2.59. The van der Waals surface area contributed by atoms with Gasteiger partial charge in [0.05, 0.1) is 0 Å². The van der Waals surface area contributed by atoms with Crippen molar-refractivity contribution >= 4 is 0 Å². The minimum Gasteiger partial charge on any atom is -0.0651 e. The predicted molar refractivity (Wildman–Crippen MR) is 76.3 cm³/mol. The van der Waals surface area contributed by atoms with Crippen molar-refractivity contribution < 1.29 is 0 Å². The molecule has 0 aromatic heterocycles. The molecule has 18 heavy (non-hydrogen) atoms. The Morgan fingerprint density at radius 3 is 2.28 bits per heavy atom. The second-order valence-corrected chi connectivity index (χ2v) is 8.69. The molecule has 0 aromatic carbocycles. The third-order valence-electron chi connectivity index (χ3n) is 7.89. The third kappa shape index (κ3) is 0.937. The van der Waals surface area contributed by atoms with Gasteiger partial charge in [-0.2, -0.15) is 0 Å². The first-order valence-electron chi connectivity index (χ1n) is 8.54. The maximum Gasteiger partial charge on any atom is -0.0113 e. The Hall–Kier alpha value is 0. The van der Waals surface area contributed by atoms with E-state index in [0.717, 1.165) is 28.1 Å². The number of unbranched alkanes of at least 4 members (excludes halogenated alkanes) is 1. The zero-order chi connectivity index (χ0) is 12.8. The van der Waals surface area contributed by atoms with Crippen molar-refractivity contribution in [1.29, 1.82) is 0 Å². The first-order chi connectivity index (χ1) is 8.54. The molecule has 0 heterocycles. The van der Waals surface area contributed by atoms with E-state index >= 15 is 0 Å². The summed E-state index contributed by atoms with van der Waals surface area (Å²) in [5, 5.41) is 0. The van der Waals surface area contributed by atoms with Crippen molar-refractivity contribution in [2.24, 2.45) is 39.9 Å². The van der Waals surface area contributed by atoms with Gasteiger partial charge >= 0.3 is 0 Å². The molecule has 2 bridgehead atoms. The minimum absolute atomic E-state index is 0.785. The van der Waals surface area contributed by atoms with Crippen LogP contribution < -0.4 is 0 Å². The predicted octanol–water partition coefficient (Wildman–Crippen LogP) is 5.28. The second kappa shape index (κ2) is 3.18. The molecule has 0 N–H and O–H groups in total. The molecule has 0 radical (unpaired) electrons. The quantitative estimate of drug-likeness (QED) is 0.536. The number of hydrogen-bond donors (Lipinski definition) is 0. The maximum atomic E-state index is 2.67. The Labute approximate surface area is 113 Å². The number of rotatable bonds is 7.